The normalized spacial score (nSPS) is 7.11. The molecule has 0 aliphatic rings. The number of hydrogen-bond acceptors (Lipinski definition) is 3. The van der Waals surface area contributed by atoms with Crippen molar-refractivity contribution < 1.29 is 47.8 Å². The largest absolute Gasteiger partial charge is 0.832 e. The Kier molecular flexibility index (Phi) is 82.5. The van der Waals surface area contributed by atoms with Gasteiger partial charge in [0.25, 0.3) is 0 Å². The van der Waals surface area contributed by atoms with Crippen molar-refractivity contribution in [2.45, 2.75) is 27.7 Å². The van der Waals surface area contributed by atoms with Crippen LogP contribution in [0.3, 0.4) is 0 Å². The highest BCUT2D eigenvalue weighted by molar-refractivity contribution is 6.28. The van der Waals surface area contributed by atoms with Gasteiger partial charge in [0.2, 0.25) is 0 Å². The zero-order chi connectivity index (χ0) is 10.9. The standard InChI is InChI=1S/C8H20N.BH2O3.6FH/c1-5-9(6-2,7-3)8-4;2-1(3)4;;;;;;/h5-8H2,1-4H3;2-3H;6*1H/q+1;-1;;;;;;. The molecule has 0 fully saturated rings. The SMILES string of the molecule is CC[N+](CC)(CC)CC.F.F.F.F.F.F.[O-]B(O)O. The molecule has 0 saturated carbocycles. The Morgan fingerprint density at radius 1 is 0.684 bits per heavy atom. The molecule has 0 heterocycles. The molecule has 0 aromatic carbocycles. The lowest BCUT2D eigenvalue weighted by atomic mass is 10.3. The monoisotopic (exact) mass is 311 g/mol. The molecule has 11 heteroatoms. The van der Waals surface area contributed by atoms with E-state index in [1.807, 2.05) is 0 Å². The molecular weight excluding hydrogens is 283 g/mol. The number of rotatable bonds is 4. The van der Waals surface area contributed by atoms with Gasteiger partial charge in [-0.15, -0.1) is 0 Å². The van der Waals surface area contributed by atoms with Gasteiger partial charge in [0.1, 0.15) is 0 Å². The summed E-state index contributed by atoms with van der Waals surface area (Å²) in [5.74, 6) is 0. The zero-order valence-corrected chi connectivity index (χ0v) is 11.6. The van der Waals surface area contributed by atoms with E-state index in [0.29, 0.717) is 0 Å². The van der Waals surface area contributed by atoms with E-state index in [0.717, 1.165) is 0 Å². The van der Waals surface area contributed by atoms with Crippen molar-refractivity contribution in [2.75, 3.05) is 26.2 Å². The highest BCUT2D eigenvalue weighted by atomic mass is 19.0. The van der Waals surface area contributed by atoms with E-state index in [1.54, 1.807) is 0 Å². The van der Waals surface area contributed by atoms with Gasteiger partial charge in [-0.3, -0.25) is 28.2 Å². The first-order valence-corrected chi connectivity index (χ1v) is 4.85. The minimum absolute atomic E-state index is 0. The first-order chi connectivity index (χ1) is 5.97. The van der Waals surface area contributed by atoms with Crippen LogP contribution in [0.1, 0.15) is 27.7 Å². The molecular formula is C8H28BF6NO3. The van der Waals surface area contributed by atoms with E-state index < -0.39 is 7.32 Å². The van der Waals surface area contributed by atoms with Gasteiger partial charge in [0.15, 0.2) is 0 Å². The lowest BCUT2D eigenvalue weighted by Crippen LogP contribution is -2.47. The summed E-state index contributed by atoms with van der Waals surface area (Å²) in [6.07, 6.45) is 0. The zero-order valence-electron chi connectivity index (χ0n) is 11.6. The molecule has 0 unspecified atom stereocenters. The highest BCUT2D eigenvalue weighted by Gasteiger charge is 2.16. The van der Waals surface area contributed by atoms with Crippen LogP contribution in [0.25, 0.3) is 0 Å². The van der Waals surface area contributed by atoms with Crippen molar-refractivity contribution in [2.24, 2.45) is 0 Å². The van der Waals surface area contributed by atoms with Gasteiger partial charge in [-0.05, 0) is 27.7 Å². The molecule has 0 saturated heterocycles. The van der Waals surface area contributed by atoms with Crippen LogP contribution in [0, 0.1) is 0 Å². The number of quaternary nitrogens is 1. The Hall–Kier alpha value is -0.515. The lowest BCUT2D eigenvalue weighted by molar-refractivity contribution is -0.921. The summed E-state index contributed by atoms with van der Waals surface area (Å²) in [4.78, 5) is 0. The maximum absolute atomic E-state index is 8.64. The molecule has 0 aliphatic carbocycles. The maximum Gasteiger partial charge on any atom is 0.339 e. The number of hydrogen-bond donors (Lipinski definition) is 2. The summed E-state index contributed by atoms with van der Waals surface area (Å²) in [5.41, 5.74) is 0. The van der Waals surface area contributed by atoms with E-state index in [-0.39, 0.29) is 28.2 Å². The fourth-order valence-electron chi connectivity index (χ4n) is 1.34. The quantitative estimate of drug-likeness (QED) is 0.440. The van der Waals surface area contributed by atoms with E-state index in [1.165, 1.54) is 30.7 Å². The molecule has 19 heavy (non-hydrogen) atoms. The lowest BCUT2D eigenvalue weighted by Gasteiger charge is -2.34. The van der Waals surface area contributed by atoms with Crippen LogP contribution in [0.15, 0.2) is 0 Å². The molecule has 0 amide bonds. The van der Waals surface area contributed by atoms with Crippen molar-refractivity contribution in [3.05, 3.63) is 0 Å². The minimum atomic E-state index is -2.42. The molecule has 2 N–H and O–H groups in total. The van der Waals surface area contributed by atoms with Crippen LogP contribution in [0.2, 0.25) is 0 Å². The molecule has 0 rings (SSSR count). The average Bonchev–Trinajstić information content (AvgIpc) is 2.09. The third kappa shape index (κ3) is 31.8. The van der Waals surface area contributed by atoms with Gasteiger partial charge in [0.05, 0.1) is 26.2 Å². The Labute approximate surface area is 110 Å². The Balaban J connectivity index is -0.0000000183. The average molecular weight is 311 g/mol. The summed E-state index contributed by atoms with van der Waals surface area (Å²) >= 11 is 0. The van der Waals surface area contributed by atoms with Gasteiger partial charge < -0.3 is 19.6 Å². The molecule has 0 radical (unpaired) electrons. The van der Waals surface area contributed by atoms with Crippen molar-refractivity contribution in [3.8, 4) is 0 Å². The molecule has 128 valence electrons. The van der Waals surface area contributed by atoms with E-state index in [4.69, 9.17) is 15.1 Å². The Bertz CT molecular complexity index is 104. The van der Waals surface area contributed by atoms with Crippen LogP contribution in [0.5, 0.6) is 0 Å². The van der Waals surface area contributed by atoms with Crippen LogP contribution in [-0.2, 0) is 0 Å². The summed E-state index contributed by atoms with van der Waals surface area (Å²) in [5, 5.41) is 22.8. The van der Waals surface area contributed by atoms with Gasteiger partial charge in [-0.2, -0.15) is 0 Å². The maximum atomic E-state index is 8.64. The van der Waals surface area contributed by atoms with Crippen molar-refractivity contribution in [1.29, 1.82) is 0 Å². The summed E-state index contributed by atoms with van der Waals surface area (Å²) < 4.78 is 1.28. The predicted octanol–water partition coefficient (Wildman–Crippen LogP) is 0.114. The summed E-state index contributed by atoms with van der Waals surface area (Å²) in [6, 6.07) is 0. The highest BCUT2D eigenvalue weighted by Crippen LogP contribution is 2.03. The van der Waals surface area contributed by atoms with Crippen molar-refractivity contribution >= 4 is 7.32 Å². The third-order valence-electron chi connectivity index (χ3n) is 2.68. The van der Waals surface area contributed by atoms with E-state index in [9.17, 15) is 0 Å². The smallest absolute Gasteiger partial charge is 0.339 e. The first kappa shape index (κ1) is 51.4. The minimum Gasteiger partial charge on any atom is -0.832 e. The first-order valence-electron chi connectivity index (χ1n) is 4.85. The molecule has 0 bridgehead atoms. The molecule has 0 spiro atoms. The van der Waals surface area contributed by atoms with Crippen LogP contribution in [0.4, 0.5) is 28.2 Å². The fourth-order valence-corrected chi connectivity index (χ4v) is 1.34. The van der Waals surface area contributed by atoms with Crippen LogP contribution in [-0.4, -0.2) is 48.0 Å². The van der Waals surface area contributed by atoms with E-state index >= 15 is 0 Å². The van der Waals surface area contributed by atoms with Crippen LogP contribution < -0.4 is 5.02 Å². The third-order valence-corrected chi connectivity index (χ3v) is 2.68. The predicted molar refractivity (Wildman–Crippen MR) is 67.6 cm³/mol. The second-order valence-corrected chi connectivity index (χ2v) is 2.93. The van der Waals surface area contributed by atoms with Gasteiger partial charge >= 0.3 is 7.32 Å². The topological polar surface area (TPSA) is 63.5 Å². The number of nitrogens with zero attached hydrogens (tertiary/aromatic N) is 1. The van der Waals surface area contributed by atoms with Crippen molar-refractivity contribution in [3.63, 3.8) is 0 Å². The molecule has 0 aliphatic heterocycles. The second kappa shape index (κ2) is 30.5. The Morgan fingerprint density at radius 3 is 0.789 bits per heavy atom. The molecule has 0 aromatic rings. The van der Waals surface area contributed by atoms with Crippen molar-refractivity contribution in [1.82, 2.24) is 0 Å². The van der Waals surface area contributed by atoms with Gasteiger partial charge in [0, 0.05) is 0 Å². The second-order valence-electron chi connectivity index (χ2n) is 2.93. The van der Waals surface area contributed by atoms with Gasteiger partial charge in [-0.1, -0.05) is 0 Å². The molecule has 4 nitrogen and oxygen atoms in total. The number of halogens is 6. The van der Waals surface area contributed by atoms with Crippen LogP contribution >= 0.6 is 0 Å². The molecule has 0 atom stereocenters. The summed E-state index contributed by atoms with van der Waals surface area (Å²) in [7, 11) is -2.42. The molecule has 0 aromatic heterocycles. The summed E-state index contributed by atoms with van der Waals surface area (Å²) in [6.45, 7) is 14.2. The van der Waals surface area contributed by atoms with E-state index in [2.05, 4.69) is 27.7 Å². The fraction of sp³-hybridized carbons (Fsp3) is 1.00. The van der Waals surface area contributed by atoms with Gasteiger partial charge in [-0.25, -0.2) is 0 Å². The Morgan fingerprint density at radius 2 is 0.789 bits per heavy atom.